The van der Waals surface area contributed by atoms with Gasteiger partial charge in [-0.25, -0.2) is 8.78 Å². The zero-order valence-corrected chi connectivity index (χ0v) is 12.1. The molecule has 1 N–H and O–H groups in total. The van der Waals surface area contributed by atoms with E-state index < -0.39 is 19.1 Å². The monoisotopic (exact) mass is 290 g/mol. The molecule has 1 aromatic heterocycles. The summed E-state index contributed by atoms with van der Waals surface area (Å²) in [5.41, 5.74) is 0.818. The molecule has 4 nitrogen and oxygen atoms in total. The van der Waals surface area contributed by atoms with E-state index in [-0.39, 0.29) is 6.61 Å². The van der Waals surface area contributed by atoms with Crippen LogP contribution in [0.25, 0.3) is 0 Å². The maximum absolute atomic E-state index is 11.9. The van der Waals surface area contributed by atoms with Gasteiger partial charge >= 0.3 is 0 Å². The summed E-state index contributed by atoms with van der Waals surface area (Å²) in [6.07, 6.45) is 1.65. The van der Waals surface area contributed by atoms with Gasteiger partial charge in [0.2, 0.25) is 0 Å². The highest BCUT2D eigenvalue weighted by Gasteiger charge is 2.12. The third kappa shape index (κ3) is 5.96. The van der Waals surface area contributed by atoms with E-state index in [4.69, 9.17) is 4.74 Å². The topological polar surface area (TPSA) is 47.3 Å². The number of hydrogen-bond acceptors (Lipinski definition) is 3. The van der Waals surface area contributed by atoms with Crippen LogP contribution in [0.1, 0.15) is 44.8 Å². The first-order valence-electron chi connectivity index (χ1n) is 7.14. The van der Waals surface area contributed by atoms with Gasteiger partial charge in [0.15, 0.2) is 0 Å². The molecule has 1 aromatic rings. The molecule has 0 saturated heterocycles. The van der Waals surface area contributed by atoms with Gasteiger partial charge in [-0.05, 0) is 25.3 Å². The van der Waals surface area contributed by atoms with Crippen LogP contribution in [0.4, 0.5) is 8.78 Å². The molecule has 1 atom stereocenters. The van der Waals surface area contributed by atoms with Crippen LogP contribution in [0, 0.1) is 0 Å². The minimum atomic E-state index is -2.46. The molecule has 0 saturated carbocycles. The fourth-order valence-corrected chi connectivity index (χ4v) is 2.09. The predicted molar refractivity (Wildman–Crippen MR) is 73.0 cm³/mol. The second kappa shape index (κ2) is 9.02. The lowest BCUT2D eigenvalue weighted by molar-refractivity contribution is 0.00502. The SMILES string of the molecule is CCC(CC)n1ccc(CC(O)CCOCC(F)F)n1. The molecule has 116 valence electrons. The van der Waals surface area contributed by atoms with Crippen molar-refractivity contribution in [2.24, 2.45) is 0 Å². The second-order valence-electron chi connectivity index (χ2n) is 4.87. The van der Waals surface area contributed by atoms with Gasteiger partial charge in [-0.15, -0.1) is 0 Å². The summed E-state index contributed by atoms with van der Waals surface area (Å²) in [6.45, 7) is 3.80. The Hall–Kier alpha value is -1.01. The van der Waals surface area contributed by atoms with Gasteiger partial charge in [-0.2, -0.15) is 5.10 Å². The minimum Gasteiger partial charge on any atom is -0.393 e. The Morgan fingerprint density at radius 1 is 1.35 bits per heavy atom. The van der Waals surface area contributed by atoms with Crippen molar-refractivity contribution in [1.82, 2.24) is 9.78 Å². The molecule has 0 spiro atoms. The van der Waals surface area contributed by atoms with Crippen LogP contribution in [0.3, 0.4) is 0 Å². The van der Waals surface area contributed by atoms with Crippen molar-refractivity contribution >= 4 is 0 Å². The first-order valence-corrected chi connectivity index (χ1v) is 7.14. The Morgan fingerprint density at radius 3 is 2.65 bits per heavy atom. The molecule has 0 aliphatic heterocycles. The molecule has 0 radical (unpaired) electrons. The van der Waals surface area contributed by atoms with Crippen LogP contribution in [0.2, 0.25) is 0 Å². The largest absolute Gasteiger partial charge is 0.393 e. The van der Waals surface area contributed by atoms with Gasteiger partial charge in [0.25, 0.3) is 6.43 Å². The highest BCUT2D eigenvalue weighted by atomic mass is 19.3. The molecule has 0 aliphatic carbocycles. The minimum absolute atomic E-state index is 0.138. The molecule has 1 heterocycles. The first kappa shape index (κ1) is 17.0. The van der Waals surface area contributed by atoms with Crippen LogP contribution in [-0.2, 0) is 11.2 Å². The normalized spacial score (nSPS) is 13.3. The number of halogens is 2. The zero-order valence-electron chi connectivity index (χ0n) is 12.1. The lowest BCUT2D eigenvalue weighted by Crippen LogP contribution is -2.16. The van der Waals surface area contributed by atoms with Crippen LogP contribution < -0.4 is 0 Å². The number of alkyl halides is 2. The molecule has 0 aromatic carbocycles. The lowest BCUT2D eigenvalue weighted by atomic mass is 10.1. The summed E-state index contributed by atoms with van der Waals surface area (Å²) in [6, 6.07) is 2.27. The third-order valence-corrected chi connectivity index (χ3v) is 3.26. The van der Waals surface area contributed by atoms with Crippen LogP contribution in [-0.4, -0.2) is 40.6 Å². The van der Waals surface area contributed by atoms with Crippen molar-refractivity contribution in [1.29, 1.82) is 0 Å². The number of aliphatic hydroxyl groups is 1. The van der Waals surface area contributed by atoms with Gasteiger partial charge < -0.3 is 9.84 Å². The predicted octanol–water partition coefficient (Wildman–Crippen LogP) is 2.82. The Balaban J connectivity index is 2.33. The zero-order chi connectivity index (χ0) is 15.0. The van der Waals surface area contributed by atoms with Crippen LogP contribution in [0.5, 0.6) is 0 Å². The Labute approximate surface area is 118 Å². The van der Waals surface area contributed by atoms with E-state index in [1.807, 2.05) is 16.9 Å². The Bertz CT molecular complexity index is 368. The standard InChI is InChI=1S/C14H24F2N2O2/c1-3-12(4-2)18-7-5-11(17-18)9-13(19)6-8-20-10-14(15)16/h5,7,12-14,19H,3-4,6,8-10H2,1-2H3. The third-order valence-electron chi connectivity index (χ3n) is 3.26. The maximum Gasteiger partial charge on any atom is 0.261 e. The molecule has 0 aliphatic rings. The van der Waals surface area contributed by atoms with Gasteiger partial charge in [-0.3, -0.25) is 4.68 Å². The average Bonchev–Trinajstić information content (AvgIpc) is 2.84. The van der Waals surface area contributed by atoms with Crippen molar-refractivity contribution in [3.63, 3.8) is 0 Å². The van der Waals surface area contributed by atoms with Crippen molar-refractivity contribution in [3.05, 3.63) is 18.0 Å². The smallest absolute Gasteiger partial charge is 0.261 e. The highest BCUT2D eigenvalue weighted by Crippen LogP contribution is 2.15. The van der Waals surface area contributed by atoms with E-state index in [9.17, 15) is 13.9 Å². The molecular weight excluding hydrogens is 266 g/mol. The molecule has 20 heavy (non-hydrogen) atoms. The fraction of sp³-hybridized carbons (Fsp3) is 0.786. The highest BCUT2D eigenvalue weighted by molar-refractivity contribution is 5.01. The summed E-state index contributed by atoms with van der Waals surface area (Å²) in [5, 5.41) is 14.3. The molecular formula is C14H24F2N2O2. The van der Waals surface area contributed by atoms with Crippen molar-refractivity contribution in [2.75, 3.05) is 13.2 Å². The van der Waals surface area contributed by atoms with Crippen molar-refractivity contribution in [3.8, 4) is 0 Å². The summed E-state index contributed by atoms with van der Waals surface area (Å²) in [4.78, 5) is 0. The molecule has 1 rings (SSSR count). The summed E-state index contributed by atoms with van der Waals surface area (Å²) in [7, 11) is 0. The van der Waals surface area contributed by atoms with E-state index in [0.717, 1.165) is 18.5 Å². The molecule has 0 bridgehead atoms. The number of aliphatic hydroxyl groups excluding tert-OH is 1. The molecule has 6 heteroatoms. The lowest BCUT2D eigenvalue weighted by Gasteiger charge is -2.13. The van der Waals surface area contributed by atoms with Gasteiger partial charge in [-0.1, -0.05) is 13.8 Å². The van der Waals surface area contributed by atoms with Crippen LogP contribution >= 0.6 is 0 Å². The van der Waals surface area contributed by atoms with Gasteiger partial charge in [0.05, 0.1) is 17.8 Å². The van der Waals surface area contributed by atoms with Crippen LogP contribution in [0.15, 0.2) is 12.3 Å². The quantitative estimate of drug-likeness (QED) is 0.674. The Kier molecular flexibility index (Phi) is 7.69. The fourth-order valence-electron chi connectivity index (χ4n) is 2.09. The number of rotatable bonds is 10. The Morgan fingerprint density at radius 2 is 2.05 bits per heavy atom. The van der Waals surface area contributed by atoms with E-state index >= 15 is 0 Å². The van der Waals surface area contributed by atoms with E-state index in [1.165, 1.54) is 0 Å². The number of ether oxygens (including phenoxy) is 1. The van der Waals surface area contributed by atoms with Crippen molar-refractivity contribution < 1.29 is 18.6 Å². The summed E-state index contributed by atoms with van der Waals surface area (Å²) < 4.78 is 30.4. The van der Waals surface area contributed by atoms with E-state index in [2.05, 4.69) is 18.9 Å². The number of aromatic nitrogens is 2. The molecule has 1 unspecified atom stereocenters. The first-order chi connectivity index (χ1) is 9.56. The van der Waals surface area contributed by atoms with Gasteiger partial charge in [0, 0.05) is 19.2 Å². The summed E-state index contributed by atoms with van der Waals surface area (Å²) in [5.74, 6) is 0. The number of hydrogen-bond donors (Lipinski definition) is 1. The van der Waals surface area contributed by atoms with E-state index in [1.54, 1.807) is 0 Å². The van der Waals surface area contributed by atoms with Gasteiger partial charge in [0.1, 0.15) is 6.61 Å². The van der Waals surface area contributed by atoms with Crippen molar-refractivity contribution in [2.45, 2.75) is 58.1 Å². The average molecular weight is 290 g/mol. The molecule has 0 amide bonds. The summed E-state index contributed by atoms with van der Waals surface area (Å²) >= 11 is 0. The van der Waals surface area contributed by atoms with E-state index in [0.29, 0.717) is 18.9 Å². The maximum atomic E-state index is 11.9. The molecule has 0 fully saturated rings. The number of nitrogens with zero attached hydrogens (tertiary/aromatic N) is 2. The second-order valence-corrected chi connectivity index (χ2v) is 4.87.